The van der Waals surface area contributed by atoms with Gasteiger partial charge in [-0.25, -0.2) is 0 Å². The summed E-state index contributed by atoms with van der Waals surface area (Å²) in [7, 11) is 0. The van der Waals surface area contributed by atoms with Crippen LogP contribution in [-0.4, -0.2) is 18.0 Å². The highest BCUT2D eigenvalue weighted by Gasteiger charge is 2.35. The van der Waals surface area contributed by atoms with E-state index in [1.54, 1.807) is 36.4 Å². The smallest absolute Gasteiger partial charge is 0.318 e. The van der Waals surface area contributed by atoms with Gasteiger partial charge in [0.25, 0.3) is 5.91 Å². The summed E-state index contributed by atoms with van der Waals surface area (Å²) in [6, 6.07) is 23.1. The molecule has 1 aliphatic rings. The molecule has 1 amide bonds. The summed E-state index contributed by atoms with van der Waals surface area (Å²) >= 11 is 0. The first-order valence-electron chi connectivity index (χ1n) is 9.44. The number of carbonyl (C=O) groups is 2. The minimum atomic E-state index is -1.02. The number of carbonyl (C=O) groups excluding carboxylic acids is 2. The van der Waals surface area contributed by atoms with Gasteiger partial charge < -0.3 is 14.8 Å². The number of fused-ring (bicyclic) bond motifs is 2. The third-order valence-corrected chi connectivity index (χ3v) is 4.84. The largest absolute Gasteiger partial charge is 0.457 e. The van der Waals surface area contributed by atoms with Crippen LogP contribution in [0.4, 0.5) is 5.69 Å². The summed E-state index contributed by atoms with van der Waals surface area (Å²) in [5.74, 6) is -0.533. The summed E-state index contributed by atoms with van der Waals surface area (Å²) < 4.78 is 11.4. The van der Waals surface area contributed by atoms with Crippen molar-refractivity contribution in [2.24, 2.45) is 0 Å². The van der Waals surface area contributed by atoms with Crippen molar-refractivity contribution in [2.45, 2.75) is 18.9 Å². The molecule has 1 heterocycles. The quantitative estimate of drug-likeness (QED) is 0.660. The molecule has 0 spiro atoms. The van der Waals surface area contributed by atoms with Gasteiger partial charge in [0.05, 0.1) is 11.6 Å². The fourth-order valence-electron chi connectivity index (χ4n) is 3.37. The van der Waals surface area contributed by atoms with E-state index in [0.717, 1.165) is 0 Å². The van der Waals surface area contributed by atoms with Crippen LogP contribution in [0, 0.1) is 11.3 Å². The Morgan fingerprint density at radius 2 is 1.63 bits per heavy atom. The summed E-state index contributed by atoms with van der Waals surface area (Å²) in [6.07, 6.45) is -1.02. The Morgan fingerprint density at radius 1 is 1.00 bits per heavy atom. The number of benzene rings is 3. The number of hydrogen-bond donors (Lipinski definition) is 1. The highest BCUT2D eigenvalue weighted by atomic mass is 16.5. The number of rotatable bonds is 4. The van der Waals surface area contributed by atoms with Crippen molar-refractivity contribution in [3.8, 4) is 17.6 Å². The van der Waals surface area contributed by atoms with Gasteiger partial charge in [-0.3, -0.25) is 9.59 Å². The van der Waals surface area contributed by atoms with Gasteiger partial charge in [0.15, 0.2) is 6.10 Å². The minimum Gasteiger partial charge on any atom is -0.457 e. The lowest BCUT2D eigenvalue weighted by molar-refractivity contribution is -0.153. The monoisotopic (exact) mass is 398 g/mol. The number of nitrogens with one attached hydrogen (secondary N) is 1. The van der Waals surface area contributed by atoms with Crippen molar-refractivity contribution in [2.75, 3.05) is 5.32 Å². The standard InChI is InChI=1S/C24H18N2O4/c1-15(23(27)26-17-8-6-7-16(13-17)14-25)29-24(28)22-18-9-2-4-11-20(18)30-21-12-5-3-10-19(21)22/h2-13,15,22H,1H3,(H,26,27)/t15-/m0/s1. The molecule has 3 aromatic carbocycles. The molecular weight excluding hydrogens is 380 g/mol. The zero-order valence-corrected chi connectivity index (χ0v) is 16.2. The Balaban J connectivity index is 1.54. The Labute approximate surface area is 173 Å². The molecule has 0 unspecified atom stereocenters. The predicted octanol–water partition coefficient (Wildman–Crippen LogP) is 4.37. The predicted molar refractivity (Wildman–Crippen MR) is 110 cm³/mol. The van der Waals surface area contributed by atoms with Crippen LogP contribution in [-0.2, 0) is 14.3 Å². The molecule has 0 fully saturated rings. The molecule has 0 saturated heterocycles. The Hall–Kier alpha value is -4.11. The van der Waals surface area contributed by atoms with Gasteiger partial charge in [-0.2, -0.15) is 5.26 Å². The fraction of sp³-hybridized carbons (Fsp3) is 0.125. The molecule has 1 atom stereocenters. The average Bonchev–Trinajstić information content (AvgIpc) is 2.77. The first-order valence-corrected chi connectivity index (χ1v) is 9.44. The molecule has 0 aliphatic carbocycles. The normalized spacial score (nSPS) is 13.1. The van der Waals surface area contributed by atoms with E-state index in [1.165, 1.54) is 6.92 Å². The minimum absolute atomic E-state index is 0.424. The number of amides is 1. The molecule has 0 saturated carbocycles. The molecule has 0 radical (unpaired) electrons. The van der Waals surface area contributed by atoms with Crippen molar-refractivity contribution in [3.05, 3.63) is 89.5 Å². The maximum Gasteiger partial charge on any atom is 0.318 e. The zero-order valence-electron chi connectivity index (χ0n) is 16.2. The molecule has 1 aliphatic heterocycles. The van der Waals surface area contributed by atoms with Crippen molar-refractivity contribution in [1.29, 1.82) is 5.26 Å². The van der Waals surface area contributed by atoms with E-state index in [0.29, 0.717) is 33.9 Å². The molecular formula is C24H18N2O4. The van der Waals surface area contributed by atoms with Gasteiger partial charge in [-0.1, -0.05) is 42.5 Å². The number of anilines is 1. The van der Waals surface area contributed by atoms with Crippen LogP contribution in [0.3, 0.4) is 0 Å². The molecule has 6 nitrogen and oxygen atoms in total. The van der Waals surface area contributed by atoms with Crippen molar-refractivity contribution < 1.29 is 19.1 Å². The molecule has 6 heteroatoms. The summed E-state index contributed by atoms with van der Waals surface area (Å²) in [5.41, 5.74) is 2.27. The van der Waals surface area contributed by atoms with E-state index in [1.807, 2.05) is 42.5 Å². The molecule has 0 aromatic heterocycles. The van der Waals surface area contributed by atoms with Crippen LogP contribution in [0.2, 0.25) is 0 Å². The van der Waals surface area contributed by atoms with Crippen LogP contribution in [0.25, 0.3) is 0 Å². The molecule has 30 heavy (non-hydrogen) atoms. The first-order chi connectivity index (χ1) is 14.6. The van der Waals surface area contributed by atoms with Gasteiger partial charge in [0.1, 0.15) is 17.4 Å². The van der Waals surface area contributed by atoms with Crippen LogP contribution in [0.15, 0.2) is 72.8 Å². The van der Waals surface area contributed by atoms with Crippen molar-refractivity contribution in [1.82, 2.24) is 0 Å². The SMILES string of the molecule is C[C@H](OC(=O)C1c2ccccc2Oc2ccccc21)C(=O)Nc1cccc(C#N)c1. The molecule has 4 rings (SSSR count). The summed E-state index contributed by atoms with van der Waals surface area (Å²) in [4.78, 5) is 25.6. The van der Waals surface area contributed by atoms with Crippen LogP contribution >= 0.6 is 0 Å². The molecule has 1 N–H and O–H groups in total. The zero-order chi connectivity index (χ0) is 21.1. The fourth-order valence-corrected chi connectivity index (χ4v) is 3.37. The number of ether oxygens (including phenoxy) is 2. The molecule has 3 aromatic rings. The molecule has 148 valence electrons. The van der Waals surface area contributed by atoms with Gasteiger partial charge >= 0.3 is 5.97 Å². The van der Waals surface area contributed by atoms with Crippen molar-refractivity contribution in [3.63, 3.8) is 0 Å². The second kappa shape index (κ2) is 8.10. The summed E-state index contributed by atoms with van der Waals surface area (Å²) in [6.45, 7) is 1.51. The third-order valence-electron chi connectivity index (χ3n) is 4.84. The Bertz CT molecular complexity index is 1120. The first kappa shape index (κ1) is 19.2. The van der Waals surface area contributed by atoms with E-state index in [2.05, 4.69) is 5.32 Å². The lowest BCUT2D eigenvalue weighted by atomic mass is 9.88. The lowest BCUT2D eigenvalue weighted by Gasteiger charge is -2.27. The number of para-hydroxylation sites is 2. The number of hydrogen-bond acceptors (Lipinski definition) is 5. The second-order valence-corrected chi connectivity index (χ2v) is 6.87. The lowest BCUT2D eigenvalue weighted by Crippen LogP contribution is -2.32. The maximum atomic E-state index is 13.1. The maximum absolute atomic E-state index is 13.1. The Kier molecular flexibility index (Phi) is 5.19. The van der Waals surface area contributed by atoms with Gasteiger partial charge in [-0.05, 0) is 37.3 Å². The molecule has 0 bridgehead atoms. The third kappa shape index (κ3) is 3.74. The van der Waals surface area contributed by atoms with E-state index in [4.69, 9.17) is 14.7 Å². The highest BCUT2D eigenvalue weighted by molar-refractivity contribution is 5.96. The van der Waals surface area contributed by atoms with Gasteiger partial charge in [0.2, 0.25) is 0 Å². The van der Waals surface area contributed by atoms with Gasteiger partial charge in [0, 0.05) is 16.8 Å². The van der Waals surface area contributed by atoms with Gasteiger partial charge in [-0.15, -0.1) is 0 Å². The number of nitrogens with zero attached hydrogens (tertiary/aromatic N) is 1. The summed E-state index contributed by atoms with van der Waals surface area (Å²) in [5, 5.41) is 11.7. The number of esters is 1. The van der Waals surface area contributed by atoms with E-state index in [9.17, 15) is 9.59 Å². The Morgan fingerprint density at radius 3 is 2.27 bits per heavy atom. The highest BCUT2D eigenvalue weighted by Crippen LogP contribution is 2.44. The average molecular weight is 398 g/mol. The van der Waals surface area contributed by atoms with Crippen LogP contribution in [0.5, 0.6) is 11.5 Å². The van der Waals surface area contributed by atoms with E-state index >= 15 is 0 Å². The van der Waals surface area contributed by atoms with Crippen molar-refractivity contribution >= 4 is 17.6 Å². The second-order valence-electron chi connectivity index (χ2n) is 6.87. The van der Waals surface area contributed by atoms with Crippen LogP contribution in [0.1, 0.15) is 29.5 Å². The van der Waals surface area contributed by atoms with E-state index < -0.39 is 23.9 Å². The number of nitriles is 1. The topological polar surface area (TPSA) is 88.4 Å². The van der Waals surface area contributed by atoms with E-state index in [-0.39, 0.29) is 0 Å². The van der Waals surface area contributed by atoms with Crippen LogP contribution < -0.4 is 10.1 Å².